The van der Waals surface area contributed by atoms with Crippen LogP contribution in [0.5, 0.6) is 0 Å². The highest BCUT2D eigenvalue weighted by Crippen LogP contribution is 2.21. The van der Waals surface area contributed by atoms with Crippen LogP contribution in [0.1, 0.15) is 11.4 Å². The van der Waals surface area contributed by atoms with Crippen molar-refractivity contribution in [3.8, 4) is 0 Å². The molecule has 3 heterocycles. The van der Waals surface area contributed by atoms with Crippen LogP contribution in [0.15, 0.2) is 12.3 Å². The Balaban J connectivity index is 1.72. The fourth-order valence-electron chi connectivity index (χ4n) is 2.72. The number of aromatic nitrogens is 4. The number of urea groups is 1. The first-order chi connectivity index (χ1) is 12.3. The molecule has 2 aromatic heterocycles. The van der Waals surface area contributed by atoms with E-state index in [0.29, 0.717) is 32.1 Å². The minimum atomic E-state index is -0.445. The number of nitrogens with one attached hydrogen (secondary N) is 1. The minimum Gasteiger partial charge on any atom is -0.360 e. The summed E-state index contributed by atoms with van der Waals surface area (Å²) < 4.78 is 15.7. The molecule has 26 heavy (non-hydrogen) atoms. The molecule has 0 aromatic carbocycles. The van der Waals surface area contributed by atoms with Gasteiger partial charge in [-0.25, -0.2) is 14.2 Å². The van der Waals surface area contributed by atoms with Crippen LogP contribution in [0, 0.1) is 5.82 Å². The van der Waals surface area contributed by atoms with Crippen LogP contribution in [0.2, 0.25) is 0 Å². The predicted octanol–water partition coefficient (Wildman–Crippen LogP) is 0.670. The van der Waals surface area contributed by atoms with E-state index >= 15 is 0 Å². The maximum absolute atomic E-state index is 13.8. The lowest BCUT2D eigenvalue weighted by molar-refractivity contribution is 0.217. The van der Waals surface area contributed by atoms with E-state index in [-0.39, 0.29) is 11.8 Å². The molecule has 1 N–H and O–H groups in total. The summed E-state index contributed by atoms with van der Waals surface area (Å²) in [6, 6.07) is 1.80. The Morgan fingerprint density at radius 1 is 1.31 bits per heavy atom. The van der Waals surface area contributed by atoms with Gasteiger partial charge in [0.25, 0.3) is 0 Å². The van der Waals surface area contributed by atoms with E-state index in [1.807, 2.05) is 15.6 Å². The maximum atomic E-state index is 13.8. The van der Waals surface area contributed by atoms with Gasteiger partial charge in [-0.1, -0.05) is 0 Å². The Hall–Kier alpha value is -2.91. The van der Waals surface area contributed by atoms with Crippen molar-refractivity contribution in [1.82, 2.24) is 30.0 Å². The first-order valence-corrected chi connectivity index (χ1v) is 8.30. The number of hydrogen-bond donors (Lipinski definition) is 1. The van der Waals surface area contributed by atoms with Crippen LogP contribution in [-0.2, 0) is 19.6 Å². The van der Waals surface area contributed by atoms with E-state index in [1.54, 1.807) is 33.1 Å². The van der Waals surface area contributed by atoms with E-state index < -0.39 is 5.82 Å². The number of amides is 2. The predicted molar refractivity (Wildman–Crippen MR) is 95.5 cm³/mol. The lowest BCUT2D eigenvalue weighted by Crippen LogP contribution is -2.35. The molecule has 140 valence electrons. The SMILES string of the molecule is CN(C)C(=O)NCc1cc2n(n1)CCN(c1ncc(F)c(N(C)C)n1)C2. The molecule has 10 heteroatoms. The molecule has 0 bridgehead atoms. The van der Waals surface area contributed by atoms with Crippen molar-refractivity contribution in [2.75, 3.05) is 44.5 Å². The first-order valence-electron chi connectivity index (χ1n) is 8.30. The molecule has 0 atom stereocenters. The summed E-state index contributed by atoms with van der Waals surface area (Å²) in [4.78, 5) is 25.2. The largest absolute Gasteiger partial charge is 0.360 e. The van der Waals surface area contributed by atoms with Crippen molar-refractivity contribution in [2.24, 2.45) is 0 Å². The van der Waals surface area contributed by atoms with Gasteiger partial charge in [0.15, 0.2) is 11.6 Å². The molecule has 0 saturated heterocycles. The summed E-state index contributed by atoms with van der Waals surface area (Å²) in [5.74, 6) is 0.311. The minimum absolute atomic E-state index is 0.159. The second-order valence-electron chi connectivity index (χ2n) is 6.56. The molecule has 3 rings (SSSR count). The zero-order chi connectivity index (χ0) is 18.8. The Morgan fingerprint density at radius 2 is 2.08 bits per heavy atom. The van der Waals surface area contributed by atoms with E-state index in [9.17, 15) is 9.18 Å². The molecular weight excluding hydrogens is 339 g/mol. The second-order valence-corrected chi connectivity index (χ2v) is 6.56. The van der Waals surface area contributed by atoms with Gasteiger partial charge in [0.2, 0.25) is 5.95 Å². The molecule has 1 aliphatic heterocycles. The number of carbonyl (C=O) groups excluding carboxylic acids is 1. The van der Waals surface area contributed by atoms with Crippen LogP contribution < -0.4 is 15.1 Å². The fraction of sp³-hybridized carbons (Fsp3) is 0.500. The summed E-state index contributed by atoms with van der Waals surface area (Å²) in [5.41, 5.74) is 1.80. The number of rotatable bonds is 4. The molecule has 0 saturated carbocycles. The van der Waals surface area contributed by atoms with Gasteiger partial charge < -0.3 is 20.0 Å². The van der Waals surface area contributed by atoms with Gasteiger partial charge in [-0.05, 0) is 6.07 Å². The molecular formula is C16H23FN8O. The molecule has 2 amide bonds. The van der Waals surface area contributed by atoms with Crippen LogP contribution in [0.25, 0.3) is 0 Å². The molecule has 0 radical (unpaired) electrons. The number of fused-ring (bicyclic) bond motifs is 1. The summed E-state index contributed by atoms with van der Waals surface area (Å²) in [6.45, 7) is 2.30. The number of carbonyl (C=O) groups is 1. The van der Waals surface area contributed by atoms with Crippen molar-refractivity contribution in [1.29, 1.82) is 0 Å². The third-order valence-electron chi connectivity index (χ3n) is 4.09. The lowest BCUT2D eigenvalue weighted by Gasteiger charge is -2.28. The van der Waals surface area contributed by atoms with Gasteiger partial charge in [-0.3, -0.25) is 4.68 Å². The van der Waals surface area contributed by atoms with Crippen LogP contribution in [0.4, 0.5) is 21.0 Å². The monoisotopic (exact) mass is 362 g/mol. The summed E-state index contributed by atoms with van der Waals surface area (Å²) in [7, 11) is 6.87. The topological polar surface area (TPSA) is 82.4 Å². The Labute approximate surface area is 151 Å². The van der Waals surface area contributed by atoms with Gasteiger partial charge in [-0.15, -0.1) is 0 Å². The average Bonchev–Trinajstić information content (AvgIpc) is 3.01. The van der Waals surface area contributed by atoms with E-state index in [0.717, 1.165) is 11.4 Å². The van der Waals surface area contributed by atoms with Gasteiger partial charge in [0.1, 0.15) is 0 Å². The Bertz CT molecular complexity index is 804. The van der Waals surface area contributed by atoms with Gasteiger partial charge >= 0.3 is 6.03 Å². The van der Waals surface area contributed by atoms with Crippen LogP contribution in [0.3, 0.4) is 0 Å². The second kappa shape index (κ2) is 7.14. The van der Waals surface area contributed by atoms with E-state index in [4.69, 9.17) is 0 Å². The number of nitrogens with zero attached hydrogens (tertiary/aromatic N) is 7. The average molecular weight is 362 g/mol. The van der Waals surface area contributed by atoms with Crippen molar-refractivity contribution >= 4 is 17.8 Å². The van der Waals surface area contributed by atoms with E-state index in [2.05, 4.69) is 20.4 Å². The fourth-order valence-corrected chi connectivity index (χ4v) is 2.72. The quantitative estimate of drug-likeness (QED) is 0.861. The number of anilines is 2. The Kier molecular flexibility index (Phi) is 4.92. The molecule has 2 aromatic rings. The number of halogens is 1. The molecule has 0 unspecified atom stereocenters. The van der Waals surface area contributed by atoms with Crippen molar-refractivity contribution in [3.05, 3.63) is 29.5 Å². The van der Waals surface area contributed by atoms with Crippen LogP contribution in [-0.4, -0.2) is 65.4 Å². The highest BCUT2D eigenvalue weighted by atomic mass is 19.1. The van der Waals surface area contributed by atoms with Gasteiger partial charge in [-0.2, -0.15) is 10.1 Å². The van der Waals surface area contributed by atoms with Gasteiger partial charge in [0, 0.05) is 34.7 Å². The summed E-state index contributed by atoms with van der Waals surface area (Å²) in [5, 5.41) is 7.32. The normalized spacial score (nSPS) is 13.3. The Morgan fingerprint density at radius 3 is 2.77 bits per heavy atom. The highest BCUT2D eigenvalue weighted by Gasteiger charge is 2.22. The van der Waals surface area contributed by atoms with E-state index in [1.165, 1.54) is 11.1 Å². The third-order valence-corrected chi connectivity index (χ3v) is 4.09. The maximum Gasteiger partial charge on any atom is 0.317 e. The zero-order valence-corrected chi connectivity index (χ0v) is 15.4. The lowest BCUT2D eigenvalue weighted by atomic mass is 10.3. The van der Waals surface area contributed by atoms with Crippen LogP contribution >= 0.6 is 0 Å². The number of hydrogen-bond acceptors (Lipinski definition) is 6. The summed E-state index contributed by atoms with van der Waals surface area (Å²) >= 11 is 0. The van der Waals surface area contributed by atoms with Gasteiger partial charge in [0.05, 0.1) is 37.2 Å². The molecule has 0 aliphatic carbocycles. The highest BCUT2D eigenvalue weighted by molar-refractivity contribution is 5.73. The summed E-state index contributed by atoms with van der Waals surface area (Å²) in [6.07, 6.45) is 1.20. The standard InChI is InChI=1S/C16H23FN8O/c1-22(2)14-13(17)9-18-15(20-14)24-5-6-25-12(10-24)7-11(21-25)8-19-16(26)23(3)4/h7,9H,5-6,8,10H2,1-4H3,(H,19,26). The van der Waals surface area contributed by atoms with Crippen molar-refractivity contribution in [3.63, 3.8) is 0 Å². The van der Waals surface area contributed by atoms with Crippen molar-refractivity contribution < 1.29 is 9.18 Å². The first kappa shape index (κ1) is 17.9. The molecule has 0 fully saturated rings. The smallest absolute Gasteiger partial charge is 0.317 e. The zero-order valence-electron chi connectivity index (χ0n) is 15.4. The van der Waals surface area contributed by atoms with Crippen molar-refractivity contribution in [2.45, 2.75) is 19.6 Å². The molecule has 0 spiro atoms. The third kappa shape index (κ3) is 3.68. The molecule has 1 aliphatic rings. The molecule has 9 nitrogen and oxygen atoms in total.